The van der Waals surface area contributed by atoms with Crippen molar-refractivity contribution in [3.63, 3.8) is 0 Å². The Hall–Kier alpha value is -1.71. The van der Waals surface area contributed by atoms with Crippen molar-refractivity contribution in [3.05, 3.63) is 11.9 Å². The molecule has 4 unspecified atom stereocenters. The van der Waals surface area contributed by atoms with E-state index in [0.717, 1.165) is 0 Å². The minimum atomic E-state index is -1.55. The van der Waals surface area contributed by atoms with Gasteiger partial charge in [0.15, 0.2) is 0 Å². The standard InChI is InChI=1S/C19H32N4O9/c1-8(26)20-4-11-5-23(22-21-11)12-2-10(7-25)19(18(31)15(12)28)32-13-3-9(6-24)14(27)17(30)16(13)29/h5,9-10,12-19,24-25,27-31H,2-4,6-7H2,1H3,(H,20,26)/t9?,10?,12-,13+,14-,15?,16?,17+,18-,19-/m1/s1. The van der Waals surface area contributed by atoms with E-state index in [1.165, 1.54) is 17.8 Å². The molecule has 0 spiro atoms. The van der Waals surface area contributed by atoms with Crippen LogP contribution in [0.25, 0.3) is 0 Å². The molecule has 0 aromatic carbocycles. The van der Waals surface area contributed by atoms with Crippen LogP contribution < -0.4 is 5.32 Å². The molecule has 1 heterocycles. The molecule has 0 saturated heterocycles. The number of ether oxygens (including phenoxy) is 1. The van der Waals surface area contributed by atoms with Crippen LogP contribution in [0.3, 0.4) is 0 Å². The number of carbonyl (C=O) groups excluding carboxylic acids is 1. The number of aliphatic hydroxyl groups excluding tert-OH is 7. The minimum absolute atomic E-state index is 0.0202. The molecule has 0 aliphatic heterocycles. The van der Waals surface area contributed by atoms with E-state index in [0.29, 0.717) is 5.69 Å². The highest BCUT2D eigenvalue weighted by molar-refractivity contribution is 5.72. The molecule has 8 N–H and O–H groups in total. The predicted molar refractivity (Wildman–Crippen MR) is 106 cm³/mol. The zero-order valence-corrected chi connectivity index (χ0v) is 17.7. The molecule has 2 aliphatic carbocycles. The van der Waals surface area contributed by atoms with Crippen molar-refractivity contribution in [1.29, 1.82) is 0 Å². The second kappa shape index (κ2) is 10.5. The molecular weight excluding hydrogens is 428 g/mol. The SMILES string of the molecule is CC(=O)NCc1cn([C@@H]2CC(CO)[C@@H](O[C@H]3CC(CO)[C@@H](O)[C@H](O)C3O)[C@H](O)C2O)nn1. The number of nitrogens with one attached hydrogen (secondary N) is 1. The second-order valence-electron chi connectivity index (χ2n) is 8.62. The van der Waals surface area contributed by atoms with Gasteiger partial charge in [-0.15, -0.1) is 5.10 Å². The number of rotatable bonds is 7. The Labute approximate surface area is 184 Å². The molecule has 2 fully saturated rings. The summed E-state index contributed by atoms with van der Waals surface area (Å²) in [5.74, 6) is -1.62. The summed E-state index contributed by atoms with van der Waals surface area (Å²) in [5, 5.41) is 81.6. The van der Waals surface area contributed by atoms with Gasteiger partial charge >= 0.3 is 0 Å². The van der Waals surface area contributed by atoms with Crippen molar-refractivity contribution < 1.29 is 45.3 Å². The summed E-state index contributed by atoms with van der Waals surface area (Å²) in [4.78, 5) is 11.1. The average molecular weight is 460 g/mol. The normalized spacial score (nSPS) is 40.2. The lowest BCUT2D eigenvalue weighted by Gasteiger charge is -2.46. The number of aromatic nitrogens is 3. The van der Waals surface area contributed by atoms with Gasteiger partial charge in [-0.1, -0.05) is 5.21 Å². The Bertz CT molecular complexity index is 761. The first-order valence-corrected chi connectivity index (χ1v) is 10.6. The van der Waals surface area contributed by atoms with Crippen molar-refractivity contribution in [1.82, 2.24) is 20.3 Å². The van der Waals surface area contributed by atoms with E-state index in [-0.39, 0.29) is 25.3 Å². The third-order valence-corrected chi connectivity index (χ3v) is 6.41. The van der Waals surface area contributed by atoms with Crippen LogP contribution in [-0.4, -0.2) is 113 Å². The second-order valence-corrected chi connectivity index (χ2v) is 8.62. The zero-order chi connectivity index (χ0) is 23.6. The van der Waals surface area contributed by atoms with Gasteiger partial charge in [0.25, 0.3) is 0 Å². The molecule has 182 valence electrons. The fourth-order valence-corrected chi connectivity index (χ4v) is 4.49. The molecule has 13 nitrogen and oxygen atoms in total. The van der Waals surface area contributed by atoms with Crippen LogP contribution in [0.1, 0.15) is 31.5 Å². The van der Waals surface area contributed by atoms with Crippen LogP contribution in [0.2, 0.25) is 0 Å². The van der Waals surface area contributed by atoms with Crippen molar-refractivity contribution in [3.8, 4) is 0 Å². The number of carbonyl (C=O) groups is 1. The van der Waals surface area contributed by atoms with E-state index in [1.54, 1.807) is 0 Å². The van der Waals surface area contributed by atoms with Gasteiger partial charge < -0.3 is 45.8 Å². The van der Waals surface area contributed by atoms with Crippen molar-refractivity contribution in [2.45, 2.75) is 75.1 Å². The molecule has 3 rings (SSSR count). The number of aliphatic hydroxyl groups is 7. The zero-order valence-electron chi connectivity index (χ0n) is 17.7. The first-order chi connectivity index (χ1) is 15.2. The Kier molecular flexibility index (Phi) is 8.16. The van der Waals surface area contributed by atoms with Crippen molar-refractivity contribution in [2.24, 2.45) is 11.8 Å². The van der Waals surface area contributed by atoms with Gasteiger partial charge in [0.1, 0.15) is 30.1 Å². The van der Waals surface area contributed by atoms with Crippen LogP contribution in [-0.2, 0) is 16.1 Å². The third kappa shape index (κ3) is 5.10. The molecule has 0 bridgehead atoms. The van der Waals surface area contributed by atoms with Gasteiger partial charge in [-0.2, -0.15) is 0 Å². The van der Waals surface area contributed by atoms with E-state index < -0.39 is 73.8 Å². The quantitative estimate of drug-likeness (QED) is 0.197. The molecule has 13 heteroatoms. The maximum atomic E-state index is 11.1. The molecular formula is C19H32N4O9. The minimum Gasteiger partial charge on any atom is -0.396 e. The van der Waals surface area contributed by atoms with Crippen LogP contribution >= 0.6 is 0 Å². The van der Waals surface area contributed by atoms with Crippen LogP contribution in [0.5, 0.6) is 0 Å². The summed E-state index contributed by atoms with van der Waals surface area (Å²) in [6.45, 7) is 0.689. The summed E-state index contributed by atoms with van der Waals surface area (Å²) in [7, 11) is 0. The first-order valence-electron chi connectivity index (χ1n) is 10.6. The van der Waals surface area contributed by atoms with Gasteiger partial charge in [0.2, 0.25) is 5.91 Å². The van der Waals surface area contributed by atoms with E-state index in [9.17, 15) is 40.5 Å². The lowest BCUT2D eigenvalue weighted by atomic mass is 9.78. The predicted octanol–water partition coefficient (Wildman–Crippen LogP) is -3.96. The maximum absolute atomic E-state index is 11.1. The Morgan fingerprint density at radius 1 is 1.03 bits per heavy atom. The summed E-state index contributed by atoms with van der Waals surface area (Å²) in [6.07, 6.45) is -7.54. The fourth-order valence-electron chi connectivity index (χ4n) is 4.49. The summed E-state index contributed by atoms with van der Waals surface area (Å²) in [5.41, 5.74) is 0.453. The lowest BCUT2D eigenvalue weighted by Crippen LogP contribution is -2.59. The smallest absolute Gasteiger partial charge is 0.217 e. The van der Waals surface area contributed by atoms with E-state index in [2.05, 4.69) is 15.6 Å². The van der Waals surface area contributed by atoms with Gasteiger partial charge in [0.05, 0.1) is 37.1 Å². The fraction of sp³-hybridized carbons (Fsp3) is 0.842. The molecule has 1 amide bonds. The van der Waals surface area contributed by atoms with Gasteiger partial charge in [0, 0.05) is 32.0 Å². The molecule has 2 saturated carbocycles. The summed E-state index contributed by atoms with van der Waals surface area (Å²) in [6, 6.07) is -0.727. The number of amides is 1. The van der Waals surface area contributed by atoms with E-state index in [1.807, 2.05) is 0 Å². The van der Waals surface area contributed by atoms with Crippen LogP contribution in [0.15, 0.2) is 6.20 Å². The Morgan fingerprint density at radius 3 is 2.34 bits per heavy atom. The third-order valence-electron chi connectivity index (χ3n) is 6.41. The van der Waals surface area contributed by atoms with Crippen molar-refractivity contribution >= 4 is 5.91 Å². The first kappa shape index (κ1) is 24.9. The number of nitrogens with zero attached hydrogens (tertiary/aromatic N) is 3. The monoisotopic (exact) mass is 460 g/mol. The van der Waals surface area contributed by atoms with Crippen LogP contribution in [0.4, 0.5) is 0 Å². The lowest BCUT2D eigenvalue weighted by molar-refractivity contribution is -0.231. The molecule has 32 heavy (non-hydrogen) atoms. The van der Waals surface area contributed by atoms with E-state index >= 15 is 0 Å². The van der Waals surface area contributed by atoms with Crippen LogP contribution in [0, 0.1) is 11.8 Å². The van der Waals surface area contributed by atoms with Gasteiger partial charge in [-0.3, -0.25) is 4.79 Å². The highest BCUT2D eigenvalue weighted by Gasteiger charge is 2.49. The molecule has 1 aromatic heterocycles. The van der Waals surface area contributed by atoms with Gasteiger partial charge in [-0.25, -0.2) is 4.68 Å². The highest BCUT2D eigenvalue weighted by atomic mass is 16.5. The summed E-state index contributed by atoms with van der Waals surface area (Å²) >= 11 is 0. The van der Waals surface area contributed by atoms with E-state index in [4.69, 9.17) is 4.74 Å². The van der Waals surface area contributed by atoms with Gasteiger partial charge in [-0.05, 0) is 12.8 Å². The molecule has 10 atom stereocenters. The number of hydrogen-bond donors (Lipinski definition) is 8. The Balaban J connectivity index is 1.72. The molecule has 2 aliphatic rings. The highest BCUT2D eigenvalue weighted by Crippen LogP contribution is 2.37. The molecule has 0 radical (unpaired) electrons. The van der Waals surface area contributed by atoms with Crippen molar-refractivity contribution in [2.75, 3.05) is 13.2 Å². The number of hydrogen-bond acceptors (Lipinski definition) is 11. The largest absolute Gasteiger partial charge is 0.396 e. The summed E-state index contributed by atoms with van der Waals surface area (Å²) < 4.78 is 7.20. The molecule has 1 aromatic rings. The Morgan fingerprint density at radius 2 is 1.72 bits per heavy atom. The maximum Gasteiger partial charge on any atom is 0.217 e. The average Bonchev–Trinajstić information content (AvgIpc) is 3.24. The topological polar surface area (TPSA) is 211 Å².